The maximum absolute atomic E-state index is 12.4. The van der Waals surface area contributed by atoms with Crippen LogP contribution in [0.1, 0.15) is 5.56 Å². The Kier molecular flexibility index (Phi) is 5.89. The Balaban J connectivity index is 1.46. The predicted octanol–water partition coefficient (Wildman–Crippen LogP) is 4.27. The molecule has 0 bridgehead atoms. The van der Waals surface area contributed by atoms with Crippen LogP contribution in [0.3, 0.4) is 0 Å². The van der Waals surface area contributed by atoms with Gasteiger partial charge in [0.25, 0.3) is 0 Å². The largest absolute Gasteiger partial charge is 0.493 e. The van der Waals surface area contributed by atoms with E-state index in [1.807, 2.05) is 6.07 Å². The minimum Gasteiger partial charge on any atom is -0.493 e. The third-order valence-electron chi connectivity index (χ3n) is 4.42. The van der Waals surface area contributed by atoms with Gasteiger partial charge in [0.05, 0.1) is 14.2 Å². The van der Waals surface area contributed by atoms with Crippen molar-refractivity contribution in [3.63, 3.8) is 0 Å². The van der Waals surface area contributed by atoms with Crippen LogP contribution in [0.25, 0.3) is 6.08 Å². The van der Waals surface area contributed by atoms with E-state index in [9.17, 15) is 4.79 Å². The second kappa shape index (κ2) is 9.08. The molecule has 0 saturated heterocycles. The zero-order chi connectivity index (χ0) is 21.6. The highest BCUT2D eigenvalue weighted by molar-refractivity contribution is 6.02. The summed E-state index contributed by atoms with van der Waals surface area (Å²) >= 11 is 0. The quantitative estimate of drug-likeness (QED) is 0.571. The van der Waals surface area contributed by atoms with Crippen LogP contribution in [0.15, 0.2) is 60.8 Å². The number of carbonyl (C=O) groups is 1. The first-order valence-corrected chi connectivity index (χ1v) is 9.40. The highest BCUT2D eigenvalue weighted by atomic mass is 16.7. The lowest BCUT2D eigenvalue weighted by atomic mass is 10.2. The summed E-state index contributed by atoms with van der Waals surface area (Å²) in [6.07, 6.45) is 4.67. The zero-order valence-electron chi connectivity index (χ0n) is 17.0. The first kappa shape index (κ1) is 20.1. The van der Waals surface area contributed by atoms with E-state index in [1.54, 1.807) is 69.0 Å². The fourth-order valence-electron chi connectivity index (χ4n) is 2.92. The van der Waals surface area contributed by atoms with Crippen LogP contribution in [0.2, 0.25) is 0 Å². The van der Waals surface area contributed by atoms with Gasteiger partial charge in [-0.2, -0.15) is 0 Å². The molecule has 3 aromatic rings. The van der Waals surface area contributed by atoms with Crippen molar-refractivity contribution in [2.45, 2.75) is 0 Å². The van der Waals surface area contributed by atoms with Crippen molar-refractivity contribution in [3.05, 3.63) is 66.4 Å². The third kappa shape index (κ3) is 4.69. The summed E-state index contributed by atoms with van der Waals surface area (Å²) in [5.74, 6) is 2.88. The van der Waals surface area contributed by atoms with Crippen molar-refractivity contribution in [1.82, 2.24) is 4.98 Å². The molecule has 31 heavy (non-hydrogen) atoms. The van der Waals surface area contributed by atoms with Crippen molar-refractivity contribution >= 4 is 17.7 Å². The minimum absolute atomic E-state index is 0.177. The normalized spacial score (nSPS) is 11.9. The highest BCUT2D eigenvalue weighted by Gasteiger charge is 2.15. The van der Waals surface area contributed by atoms with Crippen molar-refractivity contribution in [3.8, 4) is 34.6 Å². The molecule has 158 valence electrons. The number of pyridine rings is 1. The molecular weight excluding hydrogens is 400 g/mol. The zero-order valence-corrected chi connectivity index (χ0v) is 17.0. The van der Waals surface area contributed by atoms with Crippen molar-refractivity contribution in [1.29, 1.82) is 0 Å². The number of nitrogens with zero attached hydrogens (tertiary/aromatic N) is 1. The van der Waals surface area contributed by atoms with Crippen molar-refractivity contribution < 1.29 is 28.5 Å². The number of benzene rings is 2. The van der Waals surface area contributed by atoms with Gasteiger partial charge in [-0.3, -0.25) is 4.79 Å². The Hall–Kier alpha value is -4.20. The molecular formula is C23H20N2O6. The fourth-order valence-corrected chi connectivity index (χ4v) is 2.92. The number of aromatic nitrogens is 1. The van der Waals surface area contributed by atoms with E-state index in [4.69, 9.17) is 23.7 Å². The summed E-state index contributed by atoms with van der Waals surface area (Å²) in [6.45, 7) is 0.177. The SMILES string of the molecule is COc1ccc(C=CC(=O)Nc2cccnc2Oc2ccc3c(c2)OCO3)cc1OC. The Morgan fingerprint density at radius 3 is 2.71 bits per heavy atom. The lowest BCUT2D eigenvalue weighted by molar-refractivity contribution is -0.111. The fraction of sp³-hybridized carbons (Fsp3) is 0.130. The monoisotopic (exact) mass is 420 g/mol. The summed E-state index contributed by atoms with van der Waals surface area (Å²) in [5.41, 5.74) is 1.22. The molecule has 0 fully saturated rings. The van der Waals surface area contributed by atoms with Crippen LogP contribution in [-0.2, 0) is 4.79 Å². The molecule has 8 heteroatoms. The lowest BCUT2D eigenvalue weighted by Gasteiger charge is -2.10. The summed E-state index contributed by atoms with van der Waals surface area (Å²) in [4.78, 5) is 16.7. The Bertz CT molecular complexity index is 1130. The van der Waals surface area contributed by atoms with E-state index < -0.39 is 0 Å². The highest BCUT2D eigenvalue weighted by Crippen LogP contribution is 2.37. The van der Waals surface area contributed by atoms with Gasteiger partial charge in [-0.05, 0) is 48.0 Å². The van der Waals surface area contributed by atoms with Gasteiger partial charge in [-0.15, -0.1) is 0 Å². The van der Waals surface area contributed by atoms with Gasteiger partial charge in [-0.25, -0.2) is 4.98 Å². The average molecular weight is 420 g/mol. The van der Waals surface area contributed by atoms with Crippen LogP contribution in [0.5, 0.6) is 34.6 Å². The molecule has 1 aromatic heterocycles. The first-order chi connectivity index (χ1) is 15.2. The van der Waals surface area contributed by atoms with Crippen LogP contribution in [0, 0.1) is 0 Å². The van der Waals surface area contributed by atoms with Gasteiger partial charge < -0.3 is 29.0 Å². The van der Waals surface area contributed by atoms with E-state index >= 15 is 0 Å². The number of nitrogens with one attached hydrogen (secondary N) is 1. The second-order valence-electron chi connectivity index (χ2n) is 6.41. The Morgan fingerprint density at radius 2 is 1.87 bits per heavy atom. The Labute approximate surface area is 179 Å². The van der Waals surface area contributed by atoms with Gasteiger partial charge in [0, 0.05) is 18.3 Å². The first-order valence-electron chi connectivity index (χ1n) is 9.40. The molecule has 1 aliphatic heterocycles. The van der Waals surface area contributed by atoms with E-state index in [0.717, 1.165) is 5.56 Å². The predicted molar refractivity (Wildman–Crippen MR) is 114 cm³/mol. The number of carbonyl (C=O) groups excluding carboxylic acids is 1. The van der Waals surface area contributed by atoms with Crippen LogP contribution >= 0.6 is 0 Å². The minimum atomic E-state index is -0.335. The Morgan fingerprint density at radius 1 is 1.03 bits per heavy atom. The number of anilines is 1. The van der Waals surface area contributed by atoms with Crippen LogP contribution < -0.4 is 29.0 Å². The standard InChI is InChI=1S/C23H20N2O6/c1-27-18-8-5-15(12-20(18)28-2)6-10-22(26)25-17-4-3-11-24-23(17)31-16-7-9-19-21(13-16)30-14-29-19/h3-13H,14H2,1-2H3,(H,25,26). The molecule has 0 unspecified atom stereocenters. The number of methoxy groups -OCH3 is 2. The number of hydrogen-bond acceptors (Lipinski definition) is 7. The number of rotatable bonds is 7. The number of fused-ring (bicyclic) bond motifs is 1. The van der Waals surface area contributed by atoms with Gasteiger partial charge in [0.1, 0.15) is 11.4 Å². The van der Waals surface area contributed by atoms with Gasteiger partial charge in [0.15, 0.2) is 23.0 Å². The van der Waals surface area contributed by atoms with E-state index in [-0.39, 0.29) is 18.6 Å². The van der Waals surface area contributed by atoms with E-state index in [0.29, 0.717) is 34.4 Å². The van der Waals surface area contributed by atoms with E-state index in [2.05, 4.69) is 10.3 Å². The maximum Gasteiger partial charge on any atom is 0.248 e. The van der Waals surface area contributed by atoms with Gasteiger partial charge in [-0.1, -0.05) is 6.07 Å². The molecule has 0 saturated carbocycles. The molecule has 1 aliphatic rings. The maximum atomic E-state index is 12.4. The van der Waals surface area contributed by atoms with Crippen molar-refractivity contribution in [2.24, 2.45) is 0 Å². The van der Waals surface area contributed by atoms with E-state index in [1.165, 1.54) is 6.08 Å². The summed E-state index contributed by atoms with van der Waals surface area (Å²) < 4.78 is 27.0. The molecule has 0 atom stereocenters. The second-order valence-corrected chi connectivity index (χ2v) is 6.41. The number of hydrogen-bond donors (Lipinski definition) is 1. The lowest BCUT2D eigenvalue weighted by Crippen LogP contribution is -2.09. The number of amides is 1. The van der Waals surface area contributed by atoms with Crippen LogP contribution in [-0.4, -0.2) is 31.9 Å². The molecule has 1 amide bonds. The molecule has 0 radical (unpaired) electrons. The molecule has 2 aromatic carbocycles. The van der Waals surface area contributed by atoms with Gasteiger partial charge >= 0.3 is 0 Å². The summed E-state index contributed by atoms with van der Waals surface area (Å²) in [6, 6.07) is 14.0. The summed E-state index contributed by atoms with van der Waals surface area (Å²) in [7, 11) is 3.13. The molecule has 1 N–H and O–H groups in total. The molecule has 0 spiro atoms. The van der Waals surface area contributed by atoms with Gasteiger partial charge in [0.2, 0.25) is 18.6 Å². The molecule has 4 rings (SSSR count). The summed E-state index contributed by atoms with van der Waals surface area (Å²) in [5, 5.41) is 2.78. The topological polar surface area (TPSA) is 88.1 Å². The number of ether oxygens (including phenoxy) is 5. The van der Waals surface area contributed by atoms with Crippen molar-refractivity contribution in [2.75, 3.05) is 26.3 Å². The molecule has 2 heterocycles. The third-order valence-corrected chi connectivity index (χ3v) is 4.42. The van der Waals surface area contributed by atoms with Crippen LogP contribution in [0.4, 0.5) is 5.69 Å². The smallest absolute Gasteiger partial charge is 0.248 e. The average Bonchev–Trinajstić information content (AvgIpc) is 3.26. The molecule has 8 nitrogen and oxygen atoms in total. The molecule has 0 aliphatic carbocycles.